The van der Waals surface area contributed by atoms with Crippen LogP contribution in [0.3, 0.4) is 0 Å². The molecule has 1 aliphatic heterocycles. The number of aromatic nitrogens is 1. The molecule has 2 rings (SSSR count). The van der Waals surface area contributed by atoms with Crippen molar-refractivity contribution < 1.29 is 4.74 Å². The summed E-state index contributed by atoms with van der Waals surface area (Å²) in [4.78, 5) is 6.97. The Morgan fingerprint density at radius 2 is 2.37 bits per heavy atom. The molecule has 1 N–H and O–H groups in total. The normalized spacial score (nSPS) is 21.2. The lowest BCUT2D eigenvalue weighted by molar-refractivity contribution is 0.330. The maximum absolute atomic E-state index is 5.73. The summed E-state index contributed by atoms with van der Waals surface area (Å²) < 4.78 is 5.73. The highest BCUT2D eigenvalue weighted by atomic mass is 16.5. The fourth-order valence-corrected chi connectivity index (χ4v) is 2.80. The molecule has 0 spiro atoms. The Hall–Kier alpha value is -1.29. The van der Waals surface area contributed by atoms with E-state index in [1.54, 1.807) is 0 Å². The van der Waals surface area contributed by atoms with Gasteiger partial charge >= 0.3 is 0 Å². The molecule has 1 aromatic rings. The molecule has 0 bridgehead atoms. The van der Waals surface area contributed by atoms with Crippen LogP contribution in [0.5, 0.6) is 5.75 Å². The van der Waals surface area contributed by atoms with E-state index in [1.807, 2.05) is 32.3 Å². The average Bonchev–Trinajstić information content (AvgIpc) is 2.47. The van der Waals surface area contributed by atoms with Gasteiger partial charge in [0.05, 0.1) is 6.61 Å². The Bertz CT molecular complexity index is 397. The van der Waals surface area contributed by atoms with E-state index in [4.69, 9.17) is 4.74 Å². The van der Waals surface area contributed by atoms with Crippen molar-refractivity contribution in [1.29, 1.82) is 0 Å². The Morgan fingerprint density at radius 1 is 1.53 bits per heavy atom. The van der Waals surface area contributed by atoms with E-state index in [2.05, 4.69) is 22.1 Å². The second-order valence-corrected chi connectivity index (χ2v) is 5.09. The van der Waals surface area contributed by atoms with Crippen molar-refractivity contribution in [3.8, 4) is 5.75 Å². The van der Waals surface area contributed by atoms with Gasteiger partial charge in [0.1, 0.15) is 0 Å². The van der Waals surface area contributed by atoms with E-state index in [0.29, 0.717) is 18.7 Å². The summed E-state index contributed by atoms with van der Waals surface area (Å²) in [5.41, 5.74) is 0. The minimum atomic E-state index is 0.455. The molecule has 0 radical (unpaired) electrons. The van der Waals surface area contributed by atoms with Crippen LogP contribution >= 0.6 is 0 Å². The summed E-state index contributed by atoms with van der Waals surface area (Å²) in [5, 5.41) is 3.38. The first-order valence-corrected chi connectivity index (χ1v) is 7.29. The molecule has 0 aromatic carbocycles. The van der Waals surface area contributed by atoms with Gasteiger partial charge in [-0.15, -0.1) is 0 Å². The number of anilines is 1. The third kappa shape index (κ3) is 3.18. The second-order valence-electron chi connectivity index (χ2n) is 5.09. The van der Waals surface area contributed by atoms with Gasteiger partial charge in [-0.1, -0.05) is 0 Å². The van der Waals surface area contributed by atoms with Crippen LogP contribution in [-0.4, -0.2) is 37.3 Å². The average molecular weight is 263 g/mol. The van der Waals surface area contributed by atoms with Gasteiger partial charge in [0, 0.05) is 24.8 Å². The van der Waals surface area contributed by atoms with Gasteiger partial charge < -0.3 is 15.0 Å². The second kappa shape index (κ2) is 6.75. The molecule has 0 aliphatic carbocycles. The fourth-order valence-electron chi connectivity index (χ4n) is 2.80. The van der Waals surface area contributed by atoms with E-state index in [0.717, 1.165) is 18.1 Å². The van der Waals surface area contributed by atoms with Crippen molar-refractivity contribution in [1.82, 2.24) is 10.3 Å². The molecule has 2 heterocycles. The topological polar surface area (TPSA) is 37.4 Å². The number of piperidine rings is 1. The van der Waals surface area contributed by atoms with Crippen molar-refractivity contribution in [3.63, 3.8) is 0 Å². The van der Waals surface area contributed by atoms with Crippen LogP contribution in [0.15, 0.2) is 18.3 Å². The quantitative estimate of drug-likeness (QED) is 0.885. The van der Waals surface area contributed by atoms with Crippen molar-refractivity contribution in [2.24, 2.45) is 0 Å². The van der Waals surface area contributed by atoms with E-state index < -0.39 is 0 Å². The number of likely N-dealkylation sites (N-methyl/N-ethyl adjacent to an activating group) is 1. The summed E-state index contributed by atoms with van der Waals surface area (Å²) >= 11 is 0. The molecule has 1 saturated heterocycles. The fraction of sp³-hybridized carbons (Fsp3) is 0.667. The number of hydrogen-bond donors (Lipinski definition) is 1. The molecule has 4 heteroatoms. The lowest BCUT2D eigenvalue weighted by Gasteiger charge is -2.40. The Morgan fingerprint density at radius 3 is 3.11 bits per heavy atom. The first-order chi connectivity index (χ1) is 9.27. The number of nitrogens with one attached hydrogen (secondary N) is 1. The summed E-state index contributed by atoms with van der Waals surface area (Å²) in [7, 11) is 2.03. The van der Waals surface area contributed by atoms with E-state index in [9.17, 15) is 0 Å². The lowest BCUT2D eigenvalue weighted by Crippen LogP contribution is -2.50. The first-order valence-electron chi connectivity index (χ1n) is 7.29. The highest BCUT2D eigenvalue weighted by molar-refractivity contribution is 5.53. The predicted molar refractivity (Wildman–Crippen MR) is 78.9 cm³/mol. The van der Waals surface area contributed by atoms with Crippen LogP contribution in [0, 0.1) is 0 Å². The largest absolute Gasteiger partial charge is 0.490 e. The van der Waals surface area contributed by atoms with Crippen LogP contribution < -0.4 is 15.0 Å². The molecular weight excluding hydrogens is 238 g/mol. The third-order valence-electron chi connectivity index (χ3n) is 3.90. The number of nitrogens with zero attached hydrogens (tertiary/aromatic N) is 2. The van der Waals surface area contributed by atoms with E-state index in [-0.39, 0.29) is 0 Å². The maximum Gasteiger partial charge on any atom is 0.171 e. The lowest BCUT2D eigenvalue weighted by atomic mass is 9.96. The zero-order valence-corrected chi connectivity index (χ0v) is 12.2. The molecule has 1 aromatic heterocycles. The molecule has 1 aliphatic rings. The van der Waals surface area contributed by atoms with Crippen LogP contribution in [0.2, 0.25) is 0 Å². The van der Waals surface area contributed by atoms with Crippen LogP contribution in [0.4, 0.5) is 5.82 Å². The highest BCUT2D eigenvalue weighted by Crippen LogP contribution is 2.31. The third-order valence-corrected chi connectivity index (χ3v) is 3.90. The maximum atomic E-state index is 5.73. The minimum Gasteiger partial charge on any atom is -0.490 e. The van der Waals surface area contributed by atoms with Gasteiger partial charge in [-0.2, -0.15) is 0 Å². The molecule has 4 nitrogen and oxygen atoms in total. The number of ether oxygens (including phenoxy) is 1. The van der Waals surface area contributed by atoms with Crippen LogP contribution in [0.25, 0.3) is 0 Å². The van der Waals surface area contributed by atoms with Gasteiger partial charge in [-0.3, -0.25) is 0 Å². The number of hydrogen-bond acceptors (Lipinski definition) is 4. The summed E-state index contributed by atoms with van der Waals surface area (Å²) in [5.74, 6) is 1.90. The summed E-state index contributed by atoms with van der Waals surface area (Å²) in [6.07, 6.45) is 5.59. The standard InChI is InChI=1S/C15H25N3O/c1-4-19-14-9-7-10-17-15(14)18-11-6-5-8-13(18)12(2)16-3/h7,9-10,12-13,16H,4-6,8,11H2,1-3H3. The Labute approximate surface area is 116 Å². The molecule has 106 valence electrons. The molecule has 2 unspecified atom stereocenters. The van der Waals surface area contributed by atoms with Crippen LogP contribution in [0.1, 0.15) is 33.1 Å². The number of pyridine rings is 1. The van der Waals surface area contributed by atoms with E-state index >= 15 is 0 Å². The monoisotopic (exact) mass is 263 g/mol. The highest BCUT2D eigenvalue weighted by Gasteiger charge is 2.29. The van der Waals surface area contributed by atoms with Gasteiger partial charge in [-0.05, 0) is 52.3 Å². The zero-order chi connectivity index (χ0) is 13.7. The van der Waals surface area contributed by atoms with Gasteiger partial charge in [0.15, 0.2) is 11.6 Å². The molecule has 19 heavy (non-hydrogen) atoms. The Kier molecular flexibility index (Phi) is 5.02. The molecule has 2 atom stereocenters. The minimum absolute atomic E-state index is 0.455. The molecular formula is C15H25N3O. The summed E-state index contributed by atoms with van der Waals surface area (Å²) in [6.45, 7) is 6.00. The Balaban J connectivity index is 2.26. The molecule has 0 amide bonds. The van der Waals surface area contributed by atoms with Crippen LogP contribution in [-0.2, 0) is 0 Å². The van der Waals surface area contributed by atoms with Gasteiger partial charge in [0.25, 0.3) is 0 Å². The van der Waals surface area contributed by atoms with Crippen molar-refractivity contribution in [2.75, 3.05) is 25.1 Å². The molecule has 1 fully saturated rings. The molecule has 0 saturated carbocycles. The van der Waals surface area contributed by atoms with Gasteiger partial charge in [-0.25, -0.2) is 4.98 Å². The zero-order valence-electron chi connectivity index (χ0n) is 12.2. The summed E-state index contributed by atoms with van der Waals surface area (Å²) in [6, 6.07) is 4.90. The van der Waals surface area contributed by atoms with Crippen molar-refractivity contribution in [3.05, 3.63) is 18.3 Å². The SMILES string of the molecule is CCOc1cccnc1N1CCCCC1C(C)NC. The number of rotatable bonds is 5. The van der Waals surface area contributed by atoms with Gasteiger partial charge in [0.2, 0.25) is 0 Å². The van der Waals surface area contributed by atoms with E-state index in [1.165, 1.54) is 19.3 Å². The first kappa shape index (κ1) is 14.1. The predicted octanol–water partition coefficient (Wildman–Crippen LogP) is 2.45. The van der Waals surface area contributed by atoms with Crippen molar-refractivity contribution in [2.45, 2.75) is 45.2 Å². The smallest absolute Gasteiger partial charge is 0.171 e. The van der Waals surface area contributed by atoms with Crippen molar-refractivity contribution >= 4 is 5.82 Å².